The number of amides is 1. The zero-order chi connectivity index (χ0) is 23.0. The van der Waals surface area contributed by atoms with Crippen molar-refractivity contribution in [3.8, 4) is 5.69 Å². The van der Waals surface area contributed by atoms with Crippen LogP contribution < -0.4 is 5.32 Å². The number of nitrogens with zero attached hydrogens (tertiary/aromatic N) is 2. The Morgan fingerprint density at radius 3 is 2.68 bits per heavy atom. The Balaban J connectivity index is 1.12. The Labute approximate surface area is 201 Å². The summed E-state index contributed by atoms with van der Waals surface area (Å²) in [6, 6.07) is 18.7. The zero-order valence-corrected chi connectivity index (χ0v) is 19.8. The molecule has 34 heavy (non-hydrogen) atoms. The van der Waals surface area contributed by atoms with Crippen molar-refractivity contribution in [1.29, 1.82) is 0 Å². The normalized spacial score (nSPS) is 27.3. The summed E-state index contributed by atoms with van der Waals surface area (Å²) in [7, 11) is 0. The summed E-state index contributed by atoms with van der Waals surface area (Å²) in [5.41, 5.74) is 8.20. The Morgan fingerprint density at radius 1 is 1.06 bits per heavy atom. The second-order valence-electron chi connectivity index (χ2n) is 11.4. The molecule has 3 aromatic rings. The molecular formula is C30H31N3O. The molecule has 0 aliphatic heterocycles. The molecule has 172 valence electrons. The van der Waals surface area contributed by atoms with Crippen LogP contribution >= 0.6 is 0 Å². The SMILES string of the molecule is CC1(NC(=O)c2ccccc2CC[C@]23CCC4=Cc5c(cnn5-c5ccccc5)CC42C3)CC1. The van der Waals surface area contributed by atoms with E-state index in [2.05, 4.69) is 71.7 Å². The van der Waals surface area contributed by atoms with Gasteiger partial charge in [0, 0.05) is 16.5 Å². The number of para-hydroxylation sites is 1. The lowest BCUT2D eigenvalue weighted by molar-refractivity contribution is 0.0934. The maximum atomic E-state index is 13.0. The fraction of sp³-hybridized carbons (Fsp3) is 0.400. The van der Waals surface area contributed by atoms with Gasteiger partial charge in [0.05, 0.1) is 17.6 Å². The monoisotopic (exact) mass is 449 g/mol. The molecule has 0 radical (unpaired) electrons. The van der Waals surface area contributed by atoms with Gasteiger partial charge in [-0.05, 0) is 99.1 Å². The number of fused-ring (bicyclic) bond motifs is 1. The van der Waals surface area contributed by atoms with Crippen LogP contribution in [0.5, 0.6) is 0 Å². The summed E-state index contributed by atoms with van der Waals surface area (Å²) < 4.78 is 2.10. The Bertz CT molecular complexity index is 1330. The van der Waals surface area contributed by atoms with Crippen molar-refractivity contribution in [3.63, 3.8) is 0 Å². The molecule has 1 unspecified atom stereocenters. The molecule has 4 aliphatic carbocycles. The van der Waals surface area contributed by atoms with Crippen LogP contribution in [0.4, 0.5) is 0 Å². The van der Waals surface area contributed by atoms with Gasteiger partial charge in [-0.1, -0.05) is 42.0 Å². The first-order chi connectivity index (χ1) is 16.5. The second-order valence-corrected chi connectivity index (χ2v) is 11.4. The minimum absolute atomic E-state index is 0.0125. The van der Waals surface area contributed by atoms with Crippen molar-refractivity contribution in [1.82, 2.24) is 15.1 Å². The maximum absolute atomic E-state index is 13.0. The van der Waals surface area contributed by atoms with Gasteiger partial charge in [0.2, 0.25) is 0 Å². The minimum Gasteiger partial charge on any atom is -0.347 e. The molecule has 4 aliphatic rings. The summed E-state index contributed by atoms with van der Waals surface area (Å²) >= 11 is 0. The highest BCUT2D eigenvalue weighted by atomic mass is 16.1. The first kappa shape index (κ1) is 20.3. The zero-order valence-electron chi connectivity index (χ0n) is 19.8. The molecule has 7 rings (SSSR count). The summed E-state index contributed by atoms with van der Waals surface area (Å²) in [5.74, 6) is 0.0984. The summed E-state index contributed by atoms with van der Waals surface area (Å²) in [5, 5.41) is 8.00. The highest BCUT2D eigenvalue weighted by molar-refractivity contribution is 5.96. The molecule has 1 aromatic heterocycles. The third-order valence-electron chi connectivity index (χ3n) is 9.26. The van der Waals surface area contributed by atoms with Crippen molar-refractivity contribution in [3.05, 3.63) is 88.8 Å². The van der Waals surface area contributed by atoms with E-state index in [1.807, 2.05) is 12.1 Å². The molecule has 0 bridgehead atoms. The van der Waals surface area contributed by atoms with Crippen LogP contribution in [-0.4, -0.2) is 21.2 Å². The Morgan fingerprint density at radius 2 is 1.85 bits per heavy atom. The van der Waals surface area contributed by atoms with Gasteiger partial charge in [0.1, 0.15) is 0 Å². The molecular weight excluding hydrogens is 418 g/mol. The molecule has 1 amide bonds. The number of allylic oxidation sites excluding steroid dienone is 1. The summed E-state index contributed by atoms with van der Waals surface area (Å²) in [6.07, 6.45) is 13.7. The molecule has 0 saturated heterocycles. The third-order valence-corrected chi connectivity index (χ3v) is 9.26. The Kier molecular flexibility index (Phi) is 4.13. The number of nitrogens with one attached hydrogen (secondary N) is 1. The van der Waals surface area contributed by atoms with Crippen molar-refractivity contribution in [2.75, 3.05) is 0 Å². The summed E-state index contributed by atoms with van der Waals surface area (Å²) in [6.45, 7) is 2.14. The number of hydrogen-bond donors (Lipinski definition) is 1. The number of aryl methyl sites for hydroxylation is 1. The molecule has 3 fully saturated rings. The smallest absolute Gasteiger partial charge is 0.251 e. The van der Waals surface area contributed by atoms with E-state index in [0.29, 0.717) is 10.8 Å². The number of carbonyl (C=O) groups excluding carboxylic acids is 1. The first-order valence-corrected chi connectivity index (χ1v) is 12.7. The van der Waals surface area contributed by atoms with Gasteiger partial charge in [-0.3, -0.25) is 4.79 Å². The molecule has 2 atom stereocenters. The Hall–Kier alpha value is -3.14. The van der Waals surface area contributed by atoms with Crippen LogP contribution in [-0.2, 0) is 12.8 Å². The van der Waals surface area contributed by atoms with Crippen LogP contribution in [0.3, 0.4) is 0 Å². The lowest BCUT2D eigenvalue weighted by atomic mass is 9.80. The van der Waals surface area contributed by atoms with Gasteiger partial charge in [-0.25, -0.2) is 4.68 Å². The van der Waals surface area contributed by atoms with Gasteiger partial charge >= 0.3 is 0 Å². The van der Waals surface area contributed by atoms with E-state index in [9.17, 15) is 4.79 Å². The summed E-state index contributed by atoms with van der Waals surface area (Å²) in [4.78, 5) is 13.0. The quantitative estimate of drug-likeness (QED) is 0.509. The molecule has 3 saturated carbocycles. The molecule has 2 aromatic carbocycles. The number of aromatic nitrogens is 2. The number of carbonyl (C=O) groups is 1. The van der Waals surface area contributed by atoms with Crippen molar-refractivity contribution in [2.45, 2.75) is 63.8 Å². The van der Waals surface area contributed by atoms with E-state index in [4.69, 9.17) is 5.10 Å². The number of rotatable bonds is 6. The van der Waals surface area contributed by atoms with Crippen molar-refractivity contribution >= 4 is 12.0 Å². The predicted octanol–water partition coefficient (Wildman–Crippen LogP) is 5.90. The lowest BCUT2D eigenvalue weighted by Gasteiger charge is -2.24. The first-order valence-electron chi connectivity index (χ1n) is 12.7. The van der Waals surface area contributed by atoms with Crippen LogP contribution in [0.25, 0.3) is 11.8 Å². The predicted molar refractivity (Wildman–Crippen MR) is 134 cm³/mol. The average Bonchev–Trinajstić information content (AvgIpc) is 3.63. The molecule has 1 spiro atoms. The second kappa shape index (κ2) is 6.94. The van der Waals surface area contributed by atoms with E-state index in [1.165, 1.54) is 36.1 Å². The largest absolute Gasteiger partial charge is 0.347 e. The van der Waals surface area contributed by atoms with Gasteiger partial charge in [-0.2, -0.15) is 5.10 Å². The van der Waals surface area contributed by atoms with Crippen LogP contribution in [0.1, 0.15) is 72.6 Å². The van der Waals surface area contributed by atoms with E-state index in [1.54, 1.807) is 5.57 Å². The van der Waals surface area contributed by atoms with Crippen LogP contribution in [0.15, 0.2) is 66.4 Å². The van der Waals surface area contributed by atoms with Gasteiger partial charge in [0.15, 0.2) is 0 Å². The number of benzene rings is 2. The highest BCUT2D eigenvalue weighted by Crippen LogP contribution is 2.79. The molecule has 1 heterocycles. The maximum Gasteiger partial charge on any atom is 0.251 e. The van der Waals surface area contributed by atoms with Gasteiger partial charge in [-0.15, -0.1) is 0 Å². The van der Waals surface area contributed by atoms with Crippen molar-refractivity contribution in [2.24, 2.45) is 10.8 Å². The third kappa shape index (κ3) is 2.97. The van der Waals surface area contributed by atoms with E-state index < -0.39 is 0 Å². The van der Waals surface area contributed by atoms with Gasteiger partial charge in [0.25, 0.3) is 5.91 Å². The molecule has 1 N–H and O–H groups in total. The van der Waals surface area contributed by atoms with E-state index in [0.717, 1.165) is 43.4 Å². The fourth-order valence-corrected chi connectivity index (χ4v) is 6.89. The minimum atomic E-state index is 0.0125. The van der Waals surface area contributed by atoms with E-state index in [-0.39, 0.29) is 11.4 Å². The molecule has 4 nitrogen and oxygen atoms in total. The van der Waals surface area contributed by atoms with Crippen LogP contribution in [0.2, 0.25) is 0 Å². The molecule has 4 heteroatoms. The van der Waals surface area contributed by atoms with Gasteiger partial charge < -0.3 is 5.32 Å². The van der Waals surface area contributed by atoms with E-state index >= 15 is 0 Å². The van der Waals surface area contributed by atoms with Crippen LogP contribution in [0, 0.1) is 10.8 Å². The topological polar surface area (TPSA) is 46.9 Å². The number of hydrogen-bond acceptors (Lipinski definition) is 2. The van der Waals surface area contributed by atoms with Crippen molar-refractivity contribution < 1.29 is 4.79 Å². The highest BCUT2D eigenvalue weighted by Gasteiger charge is 2.71. The fourth-order valence-electron chi connectivity index (χ4n) is 6.89. The lowest BCUT2D eigenvalue weighted by Crippen LogP contribution is -2.34. The average molecular weight is 450 g/mol. The standard InChI is InChI=1S/C30H31N3O/c1-28(15-16-28)32-27(34)25-10-6-5-7-21(25)11-13-29-14-12-23-17-26-22(18-30(23,29)20-29)19-31-33(26)24-8-3-2-4-9-24/h2-10,17,19H,11-16,18,20H2,1H3,(H,32,34)/t29-,30?/m1/s1.